The highest BCUT2D eigenvalue weighted by molar-refractivity contribution is 5.78. The van der Waals surface area contributed by atoms with Crippen LogP contribution in [0, 0.1) is 5.92 Å². The highest BCUT2D eigenvalue weighted by Gasteiger charge is 2.42. The van der Waals surface area contributed by atoms with E-state index in [1.807, 2.05) is 26.1 Å². The van der Waals surface area contributed by atoms with Gasteiger partial charge in [-0.2, -0.15) is 18.3 Å². The van der Waals surface area contributed by atoms with E-state index in [1.54, 1.807) is 10.9 Å². The van der Waals surface area contributed by atoms with Gasteiger partial charge in [-0.1, -0.05) is 6.42 Å². The molecule has 1 aromatic rings. The largest absolute Gasteiger partial charge is 0.391 e. The highest BCUT2D eigenvalue weighted by atomic mass is 19.4. The zero-order valence-electron chi connectivity index (χ0n) is 14.0. The Bertz CT molecular complexity index is 518. The van der Waals surface area contributed by atoms with Gasteiger partial charge in [-0.3, -0.25) is 9.48 Å². The van der Waals surface area contributed by atoms with Crippen LogP contribution in [-0.2, 0) is 4.79 Å². The second kappa shape index (κ2) is 8.00. The number of hydrogen-bond acceptors (Lipinski definition) is 3. The lowest BCUT2D eigenvalue weighted by molar-refractivity contribution is -0.184. The molecule has 1 fully saturated rings. The average Bonchev–Trinajstić information content (AvgIpc) is 3.05. The molecule has 2 rings (SSSR count). The topological polar surface area (TPSA) is 59.0 Å². The molecule has 1 aromatic heterocycles. The van der Waals surface area contributed by atoms with Crippen molar-refractivity contribution in [3.63, 3.8) is 0 Å². The van der Waals surface area contributed by atoms with E-state index in [1.165, 1.54) is 0 Å². The summed E-state index contributed by atoms with van der Waals surface area (Å²) >= 11 is 0. The summed E-state index contributed by atoms with van der Waals surface area (Å²) < 4.78 is 40.2. The van der Waals surface area contributed by atoms with E-state index >= 15 is 0 Å². The van der Waals surface area contributed by atoms with E-state index < -0.39 is 18.1 Å². The minimum absolute atomic E-state index is 0.00456. The molecule has 0 aliphatic heterocycles. The molecule has 24 heavy (non-hydrogen) atoms. The Kier molecular flexibility index (Phi) is 6.26. The Hall–Kier alpha value is -1.57. The minimum atomic E-state index is -4.17. The molecule has 5 nitrogen and oxygen atoms in total. The van der Waals surface area contributed by atoms with E-state index in [0.29, 0.717) is 12.8 Å². The molecule has 0 bridgehead atoms. The average molecular weight is 346 g/mol. The van der Waals surface area contributed by atoms with Crippen LogP contribution in [0.5, 0.6) is 0 Å². The molecule has 1 aliphatic carbocycles. The molecule has 0 saturated heterocycles. The number of aromatic nitrogens is 2. The third-order valence-corrected chi connectivity index (χ3v) is 4.75. The molecule has 1 amide bonds. The summed E-state index contributed by atoms with van der Waals surface area (Å²) in [7, 11) is 0. The van der Waals surface area contributed by atoms with Gasteiger partial charge in [-0.15, -0.1) is 0 Å². The highest BCUT2D eigenvalue weighted by Crippen LogP contribution is 2.37. The molecule has 1 heterocycles. The number of rotatable bonds is 6. The fourth-order valence-electron chi connectivity index (χ4n) is 3.07. The summed E-state index contributed by atoms with van der Waals surface area (Å²) in [6, 6.07) is 1.51. The van der Waals surface area contributed by atoms with Crippen LogP contribution in [0.25, 0.3) is 0 Å². The van der Waals surface area contributed by atoms with Gasteiger partial charge in [0.15, 0.2) is 0 Å². The van der Waals surface area contributed by atoms with Crippen molar-refractivity contribution in [2.45, 2.75) is 63.8 Å². The Labute approximate surface area is 140 Å². The summed E-state index contributed by atoms with van der Waals surface area (Å²) in [6.45, 7) is 4.01. The third kappa shape index (κ3) is 5.22. The summed E-state index contributed by atoms with van der Waals surface area (Å²) in [4.78, 5) is 12.0. The first-order valence-electron chi connectivity index (χ1n) is 8.36. The standard InChI is InChI=1S/C16H25F3N4O/c1-11(12(2)23-8-4-7-21-23)20-10-15(24)22-14-6-3-5-13(9-14)16(17,18)19/h4,7-8,11-14,20H,3,5-6,9-10H2,1-2H3,(H,22,24). The molecule has 0 radical (unpaired) electrons. The second-order valence-corrected chi connectivity index (χ2v) is 6.57. The first-order valence-corrected chi connectivity index (χ1v) is 8.36. The predicted octanol–water partition coefficient (Wildman–Crippen LogP) is 2.66. The van der Waals surface area contributed by atoms with Gasteiger partial charge in [0.1, 0.15) is 0 Å². The van der Waals surface area contributed by atoms with Crippen LogP contribution in [-0.4, -0.2) is 40.5 Å². The Balaban J connectivity index is 1.75. The van der Waals surface area contributed by atoms with Gasteiger partial charge in [0, 0.05) is 24.5 Å². The van der Waals surface area contributed by atoms with Crippen molar-refractivity contribution in [2.24, 2.45) is 5.92 Å². The molecule has 2 N–H and O–H groups in total. The van der Waals surface area contributed by atoms with Crippen LogP contribution >= 0.6 is 0 Å². The predicted molar refractivity (Wildman–Crippen MR) is 84.3 cm³/mol. The maximum atomic E-state index is 12.8. The first-order chi connectivity index (χ1) is 11.3. The summed E-state index contributed by atoms with van der Waals surface area (Å²) in [5, 5.41) is 9.99. The zero-order chi connectivity index (χ0) is 17.7. The number of nitrogens with one attached hydrogen (secondary N) is 2. The maximum absolute atomic E-state index is 12.8. The normalized spacial score (nSPS) is 24.4. The van der Waals surface area contributed by atoms with Gasteiger partial charge in [0.25, 0.3) is 0 Å². The second-order valence-electron chi connectivity index (χ2n) is 6.57. The molecule has 0 spiro atoms. The van der Waals surface area contributed by atoms with E-state index in [4.69, 9.17) is 0 Å². The van der Waals surface area contributed by atoms with Gasteiger partial charge in [0.05, 0.1) is 18.5 Å². The lowest BCUT2D eigenvalue weighted by Crippen LogP contribution is -2.46. The third-order valence-electron chi connectivity index (χ3n) is 4.75. The smallest absolute Gasteiger partial charge is 0.352 e. The number of carbonyl (C=O) groups excluding carboxylic acids is 1. The summed E-state index contributed by atoms with van der Waals surface area (Å²) in [5.74, 6) is -1.56. The SMILES string of the molecule is CC(NCC(=O)NC1CCCC(C(F)(F)F)C1)C(C)n1cccn1. The number of hydrogen-bond donors (Lipinski definition) is 2. The molecule has 8 heteroatoms. The van der Waals surface area contributed by atoms with Gasteiger partial charge < -0.3 is 10.6 Å². The van der Waals surface area contributed by atoms with Crippen molar-refractivity contribution in [1.82, 2.24) is 20.4 Å². The molecule has 1 aliphatic rings. The Morgan fingerprint density at radius 2 is 2.12 bits per heavy atom. The molecule has 4 unspecified atom stereocenters. The molecular formula is C16H25F3N4O. The maximum Gasteiger partial charge on any atom is 0.391 e. The number of halogens is 3. The van der Waals surface area contributed by atoms with Crippen LogP contribution < -0.4 is 10.6 Å². The molecule has 136 valence electrons. The van der Waals surface area contributed by atoms with Gasteiger partial charge >= 0.3 is 6.18 Å². The van der Waals surface area contributed by atoms with Crippen LogP contribution in [0.15, 0.2) is 18.5 Å². The molecule has 1 saturated carbocycles. The summed E-state index contributed by atoms with van der Waals surface area (Å²) in [5.41, 5.74) is 0. The number of nitrogens with zero attached hydrogens (tertiary/aromatic N) is 2. The van der Waals surface area contributed by atoms with Crippen molar-refractivity contribution in [2.75, 3.05) is 6.54 Å². The minimum Gasteiger partial charge on any atom is -0.352 e. The van der Waals surface area contributed by atoms with Gasteiger partial charge in [-0.25, -0.2) is 0 Å². The Morgan fingerprint density at radius 3 is 2.75 bits per heavy atom. The van der Waals surface area contributed by atoms with Crippen molar-refractivity contribution in [3.8, 4) is 0 Å². The fourth-order valence-corrected chi connectivity index (χ4v) is 3.07. The Morgan fingerprint density at radius 1 is 1.38 bits per heavy atom. The van der Waals surface area contributed by atoms with Crippen molar-refractivity contribution in [3.05, 3.63) is 18.5 Å². The first kappa shape index (κ1) is 18.8. The fraction of sp³-hybridized carbons (Fsp3) is 0.750. The quantitative estimate of drug-likeness (QED) is 0.833. The summed E-state index contributed by atoms with van der Waals surface area (Å²) in [6.07, 6.45) is 0.613. The lowest BCUT2D eigenvalue weighted by Gasteiger charge is -2.31. The van der Waals surface area contributed by atoms with Crippen molar-refractivity contribution >= 4 is 5.91 Å². The van der Waals surface area contributed by atoms with Crippen LogP contribution in [0.4, 0.5) is 13.2 Å². The zero-order valence-corrected chi connectivity index (χ0v) is 14.0. The molecular weight excluding hydrogens is 321 g/mol. The molecule has 0 aromatic carbocycles. The van der Waals surface area contributed by atoms with E-state index in [2.05, 4.69) is 15.7 Å². The molecule has 4 atom stereocenters. The van der Waals surface area contributed by atoms with Crippen LogP contribution in [0.1, 0.15) is 45.6 Å². The van der Waals surface area contributed by atoms with E-state index in [9.17, 15) is 18.0 Å². The van der Waals surface area contributed by atoms with Crippen molar-refractivity contribution in [1.29, 1.82) is 0 Å². The monoisotopic (exact) mass is 346 g/mol. The number of carbonyl (C=O) groups is 1. The van der Waals surface area contributed by atoms with E-state index in [-0.39, 0.29) is 37.4 Å². The van der Waals surface area contributed by atoms with Crippen LogP contribution in [0.2, 0.25) is 0 Å². The van der Waals surface area contributed by atoms with Gasteiger partial charge in [-0.05, 0) is 39.2 Å². The van der Waals surface area contributed by atoms with Crippen molar-refractivity contribution < 1.29 is 18.0 Å². The number of amides is 1. The van der Waals surface area contributed by atoms with Crippen LogP contribution in [0.3, 0.4) is 0 Å². The number of alkyl halides is 3. The van der Waals surface area contributed by atoms with E-state index in [0.717, 1.165) is 0 Å². The van der Waals surface area contributed by atoms with Gasteiger partial charge in [0.2, 0.25) is 5.91 Å². The lowest BCUT2D eigenvalue weighted by atomic mass is 9.85.